The lowest BCUT2D eigenvalue weighted by Crippen LogP contribution is -2.57. The van der Waals surface area contributed by atoms with E-state index in [1.165, 1.54) is 6.92 Å². The van der Waals surface area contributed by atoms with E-state index in [-0.39, 0.29) is 24.0 Å². The van der Waals surface area contributed by atoms with Crippen molar-refractivity contribution in [1.29, 1.82) is 0 Å². The predicted octanol–water partition coefficient (Wildman–Crippen LogP) is 2.47. The molecule has 2 aromatic rings. The van der Waals surface area contributed by atoms with Crippen LogP contribution in [-0.4, -0.2) is 41.3 Å². The summed E-state index contributed by atoms with van der Waals surface area (Å²) in [6, 6.07) is 19.0. The Morgan fingerprint density at radius 2 is 1.60 bits per heavy atom. The van der Waals surface area contributed by atoms with Gasteiger partial charge in [-0.05, 0) is 36.5 Å². The minimum Gasteiger partial charge on any atom is -0.478 e. The molecule has 158 valence electrons. The van der Waals surface area contributed by atoms with Crippen molar-refractivity contribution in [2.75, 3.05) is 0 Å². The molecule has 30 heavy (non-hydrogen) atoms. The fourth-order valence-electron chi connectivity index (χ4n) is 3.85. The van der Waals surface area contributed by atoms with Crippen molar-refractivity contribution in [3.8, 4) is 0 Å². The van der Waals surface area contributed by atoms with Gasteiger partial charge >= 0.3 is 5.97 Å². The molecule has 0 aliphatic heterocycles. The van der Waals surface area contributed by atoms with Crippen LogP contribution in [-0.2, 0) is 27.2 Å². The van der Waals surface area contributed by atoms with E-state index in [1.54, 1.807) is 6.08 Å². The largest absolute Gasteiger partial charge is 0.478 e. The van der Waals surface area contributed by atoms with Crippen molar-refractivity contribution in [2.24, 2.45) is 5.73 Å². The number of hydrogen-bond donors (Lipinski definition) is 3. The van der Waals surface area contributed by atoms with Crippen LogP contribution in [0.3, 0.4) is 0 Å². The fourth-order valence-corrected chi connectivity index (χ4v) is 3.85. The third kappa shape index (κ3) is 6.02. The van der Waals surface area contributed by atoms with Crippen LogP contribution in [0.15, 0.2) is 72.3 Å². The second kappa shape index (κ2) is 10.2. The van der Waals surface area contributed by atoms with Crippen molar-refractivity contribution in [3.05, 3.63) is 83.4 Å². The molecule has 0 saturated heterocycles. The van der Waals surface area contributed by atoms with Crippen LogP contribution in [0.2, 0.25) is 0 Å². The second-order valence-corrected chi connectivity index (χ2v) is 7.69. The van der Waals surface area contributed by atoms with Crippen molar-refractivity contribution >= 4 is 11.9 Å². The van der Waals surface area contributed by atoms with Crippen molar-refractivity contribution < 1.29 is 19.4 Å². The van der Waals surface area contributed by atoms with Gasteiger partial charge in [-0.25, -0.2) is 4.79 Å². The Bertz CT molecular complexity index is 841. The number of ether oxygens (including phenoxy) is 1. The van der Waals surface area contributed by atoms with Gasteiger partial charge in [-0.3, -0.25) is 4.79 Å². The normalized spacial score (nSPS) is 21.2. The Labute approximate surface area is 176 Å². The number of carbonyl (C=O) groups excluding carboxylic acids is 1. The standard InChI is InChI=1S/C24H28N2O4/c1-16(27)26-23-21(25)14-19(24(28)29)15-22(23)30-20(12-17-8-4-2-5-9-17)13-18-10-6-3-7-11-18/h2-11,15,20-23H,12-14,25H2,1H3,(H,26,27)(H,28,29)/t21-,22+,23?/m0/s1. The molecule has 6 heteroatoms. The Hall–Kier alpha value is -2.96. The molecular formula is C24H28N2O4. The summed E-state index contributed by atoms with van der Waals surface area (Å²) in [6.45, 7) is 1.42. The van der Waals surface area contributed by atoms with Crippen LogP contribution in [0.25, 0.3) is 0 Å². The van der Waals surface area contributed by atoms with Gasteiger partial charge in [0.1, 0.15) is 0 Å². The number of hydrogen-bond acceptors (Lipinski definition) is 4. The molecule has 0 saturated carbocycles. The second-order valence-electron chi connectivity index (χ2n) is 7.69. The molecule has 3 atom stereocenters. The van der Waals surface area contributed by atoms with Crippen LogP contribution in [0, 0.1) is 0 Å². The third-order valence-electron chi connectivity index (χ3n) is 5.24. The van der Waals surface area contributed by atoms with Crippen LogP contribution in [0.4, 0.5) is 0 Å². The molecule has 1 unspecified atom stereocenters. The Morgan fingerprint density at radius 3 is 2.07 bits per heavy atom. The van der Waals surface area contributed by atoms with Crippen molar-refractivity contribution in [3.63, 3.8) is 0 Å². The van der Waals surface area contributed by atoms with Crippen LogP contribution in [0.5, 0.6) is 0 Å². The van der Waals surface area contributed by atoms with E-state index < -0.39 is 24.2 Å². The number of aliphatic carboxylic acids is 1. The predicted molar refractivity (Wildman–Crippen MR) is 115 cm³/mol. The van der Waals surface area contributed by atoms with E-state index in [2.05, 4.69) is 5.32 Å². The Morgan fingerprint density at radius 1 is 1.07 bits per heavy atom. The molecule has 1 amide bonds. The molecule has 0 aromatic heterocycles. The van der Waals surface area contributed by atoms with E-state index in [9.17, 15) is 14.7 Å². The van der Waals surface area contributed by atoms with Crippen LogP contribution >= 0.6 is 0 Å². The van der Waals surface area contributed by atoms with Gasteiger partial charge in [-0.2, -0.15) is 0 Å². The molecule has 1 aliphatic rings. The Balaban J connectivity index is 1.87. The summed E-state index contributed by atoms with van der Waals surface area (Å²) >= 11 is 0. The Kier molecular flexibility index (Phi) is 7.38. The highest BCUT2D eigenvalue weighted by atomic mass is 16.5. The van der Waals surface area contributed by atoms with Gasteiger partial charge < -0.3 is 20.9 Å². The molecule has 0 spiro atoms. The molecule has 3 rings (SSSR count). The molecule has 0 fully saturated rings. The maximum Gasteiger partial charge on any atom is 0.331 e. The number of carboxylic acid groups (broad SMARTS) is 1. The molecule has 1 aliphatic carbocycles. The monoisotopic (exact) mass is 408 g/mol. The summed E-state index contributed by atoms with van der Waals surface area (Å²) in [7, 11) is 0. The molecule has 4 N–H and O–H groups in total. The highest BCUT2D eigenvalue weighted by Gasteiger charge is 2.35. The maximum atomic E-state index is 11.7. The van der Waals surface area contributed by atoms with E-state index in [0.717, 1.165) is 11.1 Å². The van der Waals surface area contributed by atoms with Gasteiger partial charge in [0.05, 0.1) is 18.2 Å². The van der Waals surface area contributed by atoms with Gasteiger partial charge in [0, 0.05) is 18.5 Å². The zero-order valence-electron chi connectivity index (χ0n) is 17.0. The zero-order chi connectivity index (χ0) is 21.5. The number of amides is 1. The van der Waals surface area contributed by atoms with Crippen molar-refractivity contribution in [1.82, 2.24) is 5.32 Å². The number of nitrogens with one attached hydrogen (secondary N) is 1. The van der Waals surface area contributed by atoms with Crippen LogP contribution in [0.1, 0.15) is 24.5 Å². The third-order valence-corrected chi connectivity index (χ3v) is 5.24. The average Bonchev–Trinajstić information content (AvgIpc) is 2.71. The summed E-state index contributed by atoms with van der Waals surface area (Å²) < 4.78 is 6.43. The van der Waals surface area contributed by atoms with Gasteiger partial charge in [-0.15, -0.1) is 0 Å². The molecular weight excluding hydrogens is 380 g/mol. The van der Waals surface area contributed by atoms with Crippen molar-refractivity contribution in [2.45, 2.75) is 50.5 Å². The van der Waals surface area contributed by atoms with Gasteiger partial charge in [-0.1, -0.05) is 60.7 Å². The van der Waals surface area contributed by atoms with E-state index >= 15 is 0 Å². The van der Waals surface area contributed by atoms with Gasteiger partial charge in [0.15, 0.2) is 0 Å². The lowest BCUT2D eigenvalue weighted by molar-refractivity contribution is -0.133. The van der Waals surface area contributed by atoms with E-state index in [1.807, 2.05) is 60.7 Å². The highest BCUT2D eigenvalue weighted by Crippen LogP contribution is 2.24. The van der Waals surface area contributed by atoms with Gasteiger partial charge in [0.2, 0.25) is 5.91 Å². The number of carbonyl (C=O) groups is 2. The first-order chi connectivity index (χ1) is 14.4. The minimum absolute atomic E-state index is 0.183. The van der Waals surface area contributed by atoms with E-state index in [4.69, 9.17) is 10.5 Å². The topological polar surface area (TPSA) is 102 Å². The molecule has 0 radical (unpaired) electrons. The molecule has 6 nitrogen and oxygen atoms in total. The summed E-state index contributed by atoms with van der Waals surface area (Å²) in [5.74, 6) is -1.23. The average molecular weight is 408 g/mol. The first-order valence-electron chi connectivity index (χ1n) is 10.1. The smallest absolute Gasteiger partial charge is 0.331 e. The number of carboxylic acids is 1. The molecule has 2 aromatic carbocycles. The van der Waals surface area contributed by atoms with Crippen LogP contribution < -0.4 is 11.1 Å². The fraction of sp³-hybridized carbons (Fsp3) is 0.333. The van der Waals surface area contributed by atoms with E-state index in [0.29, 0.717) is 12.8 Å². The maximum absolute atomic E-state index is 11.7. The lowest BCUT2D eigenvalue weighted by Gasteiger charge is -2.36. The zero-order valence-corrected chi connectivity index (χ0v) is 17.0. The SMILES string of the molecule is CC(=O)NC1[C@@H](N)CC(C(=O)O)=C[C@H]1OC(Cc1ccccc1)Cc1ccccc1. The lowest BCUT2D eigenvalue weighted by atomic mass is 9.88. The summed E-state index contributed by atoms with van der Waals surface area (Å²) in [6.07, 6.45) is 2.25. The first-order valence-corrected chi connectivity index (χ1v) is 10.1. The summed E-state index contributed by atoms with van der Waals surface area (Å²) in [5, 5.41) is 12.3. The summed E-state index contributed by atoms with van der Waals surface area (Å²) in [4.78, 5) is 23.3. The minimum atomic E-state index is -1.01. The molecule has 0 heterocycles. The first kappa shape index (κ1) is 21.7. The highest BCUT2D eigenvalue weighted by molar-refractivity contribution is 5.87. The molecule has 0 bridgehead atoms. The van der Waals surface area contributed by atoms with Gasteiger partial charge in [0.25, 0.3) is 0 Å². The number of benzene rings is 2. The quantitative estimate of drug-likeness (QED) is 0.623. The number of rotatable bonds is 8. The number of nitrogens with two attached hydrogens (primary N) is 1. The summed E-state index contributed by atoms with van der Waals surface area (Å²) in [5.41, 5.74) is 8.69.